The van der Waals surface area contributed by atoms with Gasteiger partial charge in [-0.3, -0.25) is 0 Å². The van der Waals surface area contributed by atoms with Crippen molar-refractivity contribution in [1.29, 1.82) is 0 Å². The van der Waals surface area contributed by atoms with Crippen molar-refractivity contribution in [2.45, 2.75) is 13.8 Å². The number of hydrogen-bond donors (Lipinski definition) is 3. The third-order valence-corrected chi connectivity index (χ3v) is 3.11. The van der Waals surface area contributed by atoms with E-state index in [0.29, 0.717) is 5.11 Å². The molecule has 0 saturated carbocycles. The number of rotatable bonds is 5. The summed E-state index contributed by atoms with van der Waals surface area (Å²) in [5, 5.41) is 10.2. The van der Waals surface area contributed by atoms with Gasteiger partial charge in [-0.25, -0.2) is 4.98 Å². The minimum atomic E-state index is 0.628. The second-order valence-electron chi connectivity index (χ2n) is 4.90. The molecule has 4 nitrogen and oxygen atoms in total. The standard InChI is InChI=1S/C16H20N4S/c1-12-9-13(2)11-14(10-12)20-16(21)19-8-7-18-15-5-3-4-6-17-15/h3-6,9-11H,7-8H2,1-2H3,(H,17,18)(H2,19,20,21). The number of aryl methyl sites for hydroxylation is 2. The van der Waals surface area contributed by atoms with Crippen LogP contribution in [-0.4, -0.2) is 23.2 Å². The maximum absolute atomic E-state index is 5.29. The fourth-order valence-corrected chi connectivity index (χ4v) is 2.28. The van der Waals surface area contributed by atoms with Gasteiger partial charge in [0.25, 0.3) is 0 Å². The molecule has 0 unspecified atom stereocenters. The Bertz CT molecular complexity index is 578. The maximum Gasteiger partial charge on any atom is 0.170 e. The van der Waals surface area contributed by atoms with Gasteiger partial charge >= 0.3 is 0 Å². The molecular formula is C16H20N4S. The predicted octanol–water partition coefficient (Wildman–Crippen LogP) is 3.10. The molecule has 0 spiro atoms. The summed E-state index contributed by atoms with van der Waals surface area (Å²) in [6, 6.07) is 12.1. The highest BCUT2D eigenvalue weighted by molar-refractivity contribution is 7.80. The molecular weight excluding hydrogens is 280 g/mol. The molecule has 0 bridgehead atoms. The number of pyridine rings is 1. The molecule has 1 heterocycles. The minimum absolute atomic E-state index is 0.628. The first-order valence-electron chi connectivity index (χ1n) is 6.91. The number of thiocarbonyl (C=S) groups is 1. The number of hydrogen-bond acceptors (Lipinski definition) is 3. The average Bonchev–Trinajstić information content (AvgIpc) is 2.43. The fourth-order valence-electron chi connectivity index (χ4n) is 2.06. The van der Waals surface area contributed by atoms with Gasteiger partial charge in [-0.1, -0.05) is 12.1 Å². The van der Waals surface area contributed by atoms with Crippen molar-refractivity contribution in [2.75, 3.05) is 23.7 Å². The van der Waals surface area contributed by atoms with E-state index in [1.165, 1.54) is 11.1 Å². The van der Waals surface area contributed by atoms with Crippen LogP contribution in [0.2, 0.25) is 0 Å². The Kier molecular flexibility index (Phi) is 5.51. The number of nitrogens with one attached hydrogen (secondary N) is 3. The summed E-state index contributed by atoms with van der Waals surface area (Å²) >= 11 is 5.29. The van der Waals surface area contributed by atoms with Crippen LogP contribution in [0.25, 0.3) is 0 Å². The first-order valence-corrected chi connectivity index (χ1v) is 7.32. The van der Waals surface area contributed by atoms with Gasteiger partial charge in [0, 0.05) is 25.0 Å². The highest BCUT2D eigenvalue weighted by Crippen LogP contribution is 2.13. The largest absolute Gasteiger partial charge is 0.368 e. The molecule has 1 aromatic heterocycles. The van der Waals surface area contributed by atoms with Gasteiger partial charge in [0.2, 0.25) is 0 Å². The molecule has 5 heteroatoms. The molecule has 110 valence electrons. The van der Waals surface area contributed by atoms with Crippen molar-refractivity contribution in [3.63, 3.8) is 0 Å². The van der Waals surface area contributed by atoms with Crippen LogP contribution in [0.15, 0.2) is 42.6 Å². The molecule has 2 rings (SSSR count). The van der Waals surface area contributed by atoms with Crippen molar-refractivity contribution >= 4 is 28.8 Å². The maximum atomic E-state index is 5.29. The average molecular weight is 300 g/mol. The number of anilines is 2. The first kappa shape index (κ1) is 15.3. The summed E-state index contributed by atoms with van der Waals surface area (Å²) in [7, 11) is 0. The van der Waals surface area contributed by atoms with Gasteiger partial charge in [-0.15, -0.1) is 0 Å². The van der Waals surface area contributed by atoms with Gasteiger partial charge in [-0.05, 0) is 61.5 Å². The smallest absolute Gasteiger partial charge is 0.170 e. The van der Waals surface area contributed by atoms with Crippen LogP contribution >= 0.6 is 12.2 Å². The number of benzene rings is 1. The van der Waals surface area contributed by atoms with Gasteiger partial charge in [0.15, 0.2) is 5.11 Å². The Morgan fingerprint density at radius 2 is 1.86 bits per heavy atom. The van der Waals surface area contributed by atoms with Crippen molar-refractivity contribution in [1.82, 2.24) is 10.3 Å². The molecule has 0 aliphatic carbocycles. The molecule has 3 N–H and O–H groups in total. The van der Waals surface area contributed by atoms with Crippen LogP contribution in [0.1, 0.15) is 11.1 Å². The Morgan fingerprint density at radius 1 is 1.10 bits per heavy atom. The van der Waals surface area contributed by atoms with E-state index in [0.717, 1.165) is 24.6 Å². The molecule has 0 amide bonds. The third-order valence-electron chi connectivity index (χ3n) is 2.86. The van der Waals surface area contributed by atoms with E-state index < -0.39 is 0 Å². The molecule has 1 aromatic carbocycles. The molecule has 0 radical (unpaired) electrons. The van der Waals surface area contributed by atoms with Crippen molar-refractivity contribution in [2.24, 2.45) is 0 Å². The van der Waals surface area contributed by atoms with Gasteiger partial charge in [-0.2, -0.15) is 0 Å². The Labute approximate surface area is 131 Å². The zero-order chi connectivity index (χ0) is 15.1. The van der Waals surface area contributed by atoms with Crippen molar-refractivity contribution < 1.29 is 0 Å². The van der Waals surface area contributed by atoms with E-state index in [1.807, 2.05) is 18.2 Å². The van der Waals surface area contributed by atoms with Gasteiger partial charge in [0.05, 0.1) is 0 Å². The van der Waals surface area contributed by atoms with Crippen LogP contribution < -0.4 is 16.0 Å². The quantitative estimate of drug-likeness (QED) is 0.585. The first-order chi connectivity index (χ1) is 10.1. The molecule has 2 aromatic rings. The fraction of sp³-hybridized carbons (Fsp3) is 0.250. The van der Waals surface area contributed by atoms with E-state index in [1.54, 1.807) is 6.20 Å². The topological polar surface area (TPSA) is 49.0 Å². The van der Waals surface area contributed by atoms with Crippen molar-refractivity contribution in [3.8, 4) is 0 Å². The Hall–Kier alpha value is -2.14. The molecule has 0 atom stereocenters. The summed E-state index contributed by atoms with van der Waals surface area (Å²) < 4.78 is 0. The summed E-state index contributed by atoms with van der Waals surface area (Å²) in [4.78, 5) is 4.20. The highest BCUT2D eigenvalue weighted by Gasteiger charge is 1.99. The zero-order valence-electron chi connectivity index (χ0n) is 12.3. The predicted molar refractivity (Wildman–Crippen MR) is 92.9 cm³/mol. The normalized spacial score (nSPS) is 10.0. The summed E-state index contributed by atoms with van der Waals surface area (Å²) in [6.07, 6.45) is 1.77. The van der Waals surface area contributed by atoms with E-state index >= 15 is 0 Å². The monoisotopic (exact) mass is 300 g/mol. The van der Waals surface area contributed by atoms with Gasteiger partial charge in [0.1, 0.15) is 5.82 Å². The number of nitrogens with zero attached hydrogens (tertiary/aromatic N) is 1. The number of aromatic nitrogens is 1. The van der Waals surface area contributed by atoms with Crippen LogP contribution in [0.4, 0.5) is 11.5 Å². The van der Waals surface area contributed by atoms with Crippen LogP contribution in [0, 0.1) is 13.8 Å². The van der Waals surface area contributed by atoms with Crippen LogP contribution in [0.5, 0.6) is 0 Å². The molecule has 0 aliphatic heterocycles. The lowest BCUT2D eigenvalue weighted by atomic mass is 10.1. The SMILES string of the molecule is Cc1cc(C)cc(NC(=S)NCCNc2ccccn2)c1. The van der Waals surface area contributed by atoms with E-state index in [2.05, 4.69) is 53.0 Å². The van der Waals surface area contributed by atoms with Crippen molar-refractivity contribution in [3.05, 3.63) is 53.7 Å². The Morgan fingerprint density at radius 3 is 2.52 bits per heavy atom. The van der Waals surface area contributed by atoms with Crippen LogP contribution in [-0.2, 0) is 0 Å². The van der Waals surface area contributed by atoms with E-state index in [-0.39, 0.29) is 0 Å². The lowest BCUT2D eigenvalue weighted by Crippen LogP contribution is -2.32. The summed E-state index contributed by atoms with van der Waals surface area (Å²) in [5.74, 6) is 0.868. The molecule has 0 aliphatic rings. The third kappa shape index (κ3) is 5.39. The van der Waals surface area contributed by atoms with E-state index in [9.17, 15) is 0 Å². The second-order valence-corrected chi connectivity index (χ2v) is 5.31. The van der Waals surface area contributed by atoms with Gasteiger partial charge < -0.3 is 16.0 Å². The molecule has 0 saturated heterocycles. The summed E-state index contributed by atoms with van der Waals surface area (Å²) in [5.41, 5.74) is 3.46. The molecule has 21 heavy (non-hydrogen) atoms. The zero-order valence-corrected chi connectivity index (χ0v) is 13.1. The van der Waals surface area contributed by atoms with E-state index in [4.69, 9.17) is 12.2 Å². The lowest BCUT2D eigenvalue weighted by molar-refractivity contribution is 0.910. The second kappa shape index (κ2) is 7.59. The molecule has 0 fully saturated rings. The highest BCUT2D eigenvalue weighted by atomic mass is 32.1. The lowest BCUT2D eigenvalue weighted by Gasteiger charge is -2.12. The minimum Gasteiger partial charge on any atom is -0.368 e. The Balaban J connectivity index is 1.72. The summed E-state index contributed by atoms with van der Waals surface area (Å²) in [6.45, 7) is 5.63. The van der Waals surface area contributed by atoms with Crippen LogP contribution in [0.3, 0.4) is 0 Å².